The fourth-order valence-corrected chi connectivity index (χ4v) is 5.07. The van der Waals surface area contributed by atoms with Gasteiger partial charge in [-0.25, -0.2) is 0 Å². The Balaban J connectivity index is 1.83. The summed E-state index contributed by atoms with van der Waals surface area (Å²) >= 11 is 0. The van der Waals surface area contributed by atoms with Crippen molar-refractivity contribution in [2.75, 3.05) is 13.1 Å². The lowest BCUT2D eigenvalue weighted by atomic mass is 9.62. The molecule has 2 bridgehead atoms. The number of carbonyl (C=O) groups excluding carboxylic acids is 2. The molecular weight excluding hydrogens is 316 g/mol. The summed E-state index contributed by atoms with van der Waals surface area (Å²) in [4.78, 5) is 28.0. The molecule has 2 aliphatic heterocycles. The summed E-state index contributed by atoms with van der Waals surface area (Å²) in [6, 6.07) is 7.92. The summed E-state index contributed by atoms with van der Waals surface area (Å²) in [5.74, 6) is 0.0209. The Bertz CT molecular complexity index is 700. The number of piperidine rings is 1. The topological polar surface area (TPSA) is 58.6 Å². The molecule has 0 aromatic heterocycles. The van der Waals surface area contributed by atoms with Crippen LogP contribution in [0.1, 0.15) is 51.0 Å². The Morgan fingerprint density at radius 3 is 2.80 bits per heavy atom. The van der Waals surface area contributed by atoms with Gasteiger partial charge in [-0.3, -0.25) is 9.59 Å². The third-order valence-corrected chi connectivity index (χ3v) is 6.23. The van der Waals surface area contributed by atoms with Crippen LogP contribution in [0.25, 0.3) is 0 Å². The molecule has 5 heteroatoms. The molecule has 2 amide bonds. The number of hydrogen-bond donors (Lipinski definition) is 1. The van der Waals surface area contributed by atoms with Crippen LogP contribution in [0, 0.1) is 11.8 Å². The van der Waals surface area contributed by atoms with Gasteiger partial charge < -0.3 is 15.0 Å². The van der Waals surface area contributed by atoms with Crippen LogP contribution in [-0.4, -0.2) is 35.5 Å². The molecule has 4 atom stereocenters. The van der Waals surface area contributed by atoms with E-state index in [0.29, 0.717) is 13.1 Å². The first kappa shape index (κ1) is 16.4. The van der Waals surface area contributed by atoms with Gasteiger partial charge in [-0.05, 0) is 38.3 Å². The van der Waals surface area contributed by atoms with E-state index in [1.54, 1.807) is 4.90 Å². The van der Waals surface area contributed by atoms with Gasteiger partial charge in [0.25, 0.3) is 0 Å². The van der Waals surface area contributed by atoms with Crippen LogP contribution in [0.4, 0.5) is 0 Å². The van der Waals surface area contributed by atoms with E-state index in [1.807, 2.05) is 38.1 Å². The van der Waals surface area contributed by atoms with E-state index >= 15 is 0 Å². The standard InChI is InChI=1S/C20H26N2O3/c1-3-22(4-2)19(24)17-16-13-9-5-6-11-15(13)25-20(21-18(17)23)12-8-7-10-14(16)20/h5-6,9,11,14,16-17H,3-4,7-8,10,12H2,1-2H3,(H,21,23)/t14-,16+,17+,20+/m0/s1. The predicted molar refractivity (Wildman–Crippen MR) is 94.1 cm³/mol. The molecule has 1 aromatic rings. The summed E-state index contributed by atoms with van der Waals surface area (Å²) in [6.45, 7) is 5.18. The minimum absolute atomic E-state index is 0.0524. The van der Waals surface area contributed by atoms with Gasteiger partial charge in [0.05, 0.1) is 0 Å². The first-order valence-corrected chi connectivity index (χ1v) is 9.50. The molecule has 2 heterocycles. The highest BCUT2D eigenvalue weighted by atomic mass is 16.5. The van der Waals surface area contributed by atoms with Crippen molar-refractivity contribution >= 4 is 11.8 Å². The highest BCUT2D eigenvalue weighted by molar-refractivity contribution is 6.02. The Morgan fingerprint density at radius 2 is 2.04 bits per heavy atom. The molecule has 0 unspecified atom stereocenters. The maximum absolute atomic E-state index is 13.2. The normalized spacial score (nSPS) is 32.7. The summed E-state index contributed by atoms with van der Waals surface area (Å²) in [7, 11) is 0. The third kappa shape index (κ3) is 2.35. The average Bonchev–Trinajstić information content (AvgIpc) is 2.61. The van der Waals surface area contributed by atoms with Crippen molar-refractivity contribution in [3.63, 3.8) is 0 Å². The summed E-state index contributed by atoms with van der Waals surface area (Å²) in [6.07, 6.45) is 3.97. The number of nitrogens with one attached hydrogen (secondary N) is 1. The van der Waals surface area contributed by atoms with Crippen molar-refractivity contribution in [2.24, 2.45) is 11.8 Å². The zero-order chi connectivity index (χ0) is 17.6. The largest absolute Gasteiger partial charge is 0.467 e. The molecule has 1 saturated heterocycles. The lowest BCUT2D eigenvalue weighted by Crippen LogP contribution is -2.70. The zero-order valence-electron chi connectivity index (χ0n) is 15.0. The lowest BCUT2D eigenvalue weighted by Gasteiger charge is -2.56. The van der Waals surface area contributed by atoms with Gasteiger partial charge >= 0.3 is 0 Å². The molecule has 1 aromatic carbocycles. The van der Waals surface area contributed by atoms with Gasteiger partial charge in [0, 0.05) is 31.3 Å². The molecule has 134 valence electrons. The van der Waals surface area contributed by atoms with E-state index in [-0.39, 0.29) is 23.7 Å². The van der Waals surface area contributed by atoms with Crippen LogP contribution in [0.2, 0.25) is 0 Å². The monoisotopic (exact) mass is 342 g/mol. The van der Waals surface area contributed by atoms with E-state index in [2.05, 4.69) is 5.32 Å². The van der Waals surface area contributed by atoms with Crippen molar-refractivity contribution in [3.8, 4) is 5.75 Å². The van der Waals surface area contributed by atoms with Gasteiger partial charge in [0.1, 0.15) is 11.7 Å². The number of ether oxygens (including phenoxy) is 1. The Kier molecular flexibility index (Phi) is 3.97. The fraction of sp³-hybridized carbons (Fsp3) is 0.600. The second-order valence-corrected chi connectivity index (χ2v) is 7.38. The van der Waals surface area contributed by atoms with Crippen molar-refractivity contribution in [2.45, 2.75) is 51.2 Å². The molecule has 1 N–H and O–H groups in total. The Labute approximate surface area is 148 Å². The maximum atomic E-state index is 13.2. The molecule has 0 radical (unpaired) electrons. The summed E-state index contributed by atoms with van der Waals surface area (Å²) in [5, 5.41) is 3.13. The molecule has 25 heavy (non-hydrogen) atoms. The van der Waals surface area contributed by atoms with E-state index in [9.17, 15) is 9.59 Å². The minimum atomic E-state index is -0.652. The fourth-order valence-electron chi connectivity index (χ4n) is 5.07. The quantitative estimate of drug-likeness (QED) is 0.859. The summed E-state index contributed by atoms with van der Waals surface area (Å²) in [5.41, 5.74) is 0.388. The number of nitrogens with zero attached hydrogens (tertiary/aromatic N) is 1. The predicted octanol–water partition coefficient (Wildman–Crippen LogP) is 2.66. The van der Waals surface area contributed by atoms with Crippen LogP contribution in [-0.2, 0) is 9.59 Å². The highest BCUT2D eigenvalue weighted by Crippen LogP contribution is 2.55. The van der Waals surface area contributed by atoms with Crippen molar-refractivity contribution < 1.29 is 14.3 Å². The molecule has 0 spiro atoms. The first-order valence-electron chi connectivity index (χ1n) is 9.50. The first-order chi connectivity index (χ1) is 12.1. The van der Waals surface area contributed by atoms with Gasteiger partial charge in [0.2, 0.25) is 11.8 Å². The zero-order valence-corrected chi connectivity index (χ0v) is 15.0. The van der Waals surface area contributed by atoms with Crippen LogP contribution in [0.3, 0.4) is 0 Å². The second-order valence-electron chi connectivity index (χ2n) is 7.38. The number of carbonyl (C=O) groups is 2. The Hall–Kier alpha value is -2.04. The van der Waals surface area contributed by atoms with Crippen LogP contribution >= 0.6 is 0 Å². The second kappa shape index (κ2) is 6.04. The van der Waals surface area contributed by atoms with E-state index in [4.69, 9.17) is 4.74 Å². The third-order valence-electron chi connectivity index (χ3n) is 6.23. The molecule has 5 nitrogen and oxygen atoms in total. The van der Waals surface area contributed by atoms with E-state index < -0.39 is 11.6 Å². The van der Waals surface area contributed by atoms with Gasteiger partial charge in [-0.1, -0.05) is 24.6 Å². The number of fused-ring (bicyclic) bond motifs is 2. The van der Waals surface area contributed by atoms with Crippen LogP contribution < -0.4 is 10.1 Å². The average molecular weight is 342 g/mol. The number of hydrogen-bond acceptors (Lipinski definition) is 3. The van der Waals surface area contributed by atoms with Crippen molar-refractivity contribution in [3.05, 3.63) is 29.8 Å². The molecule has 1 aliphatic carbocycles. The smallest absolute Gasteiger partial charge is 0.236 e. The molecule has 1 saturated carbocycles. The lowest BCUT2D eigenvalue weighted by molar-refractivity contribution is -0.165. The van der Waals surface area contributed by atoms with E-state index in [0.717, 1.165) is 37.0 Å². The van der Waals surface area contributed by atoms with Crippen molar-refractivity contribution in [1.29, 1.82) is 0 Å². The van der Waals surface area contributed by atoms with Crippen molar-refractivity contribution in [1.82, 2.24) is 10.2 Å². The van der Waals surface area contributed by atoms with Gasteiger partial charge in [-0.2, -0.15) is 0 Å². The number of para-hydroxylation sites is 1. The van der Waals surface area contributed by atoms with E-state index in [1.165, 1.54) is 0 Å². The van der Waals surface area contributed by atoms with Gasteiger partial charge in [0.15, 0.2) is 5.72 Å². The molecular formula is C20H26N2O3. The molecule has 2 fully saturated rings. The summed E-state index contributed by atoms with van der Waals surface area (Å²) < 4.78 is 6.35. The Morgan fingerprint density at radius 1 is 1.28 bits per heavy atom. The van der Waals surface area contributed by atoms with Gasteiger partial charge in [-0.15, -0.1) is 0 Å². The maximum Gasteiger partial charge on any atom is 0.236 e. The SMILES string of the molecule is CCN(CC)C(=O)[C@H]1C(=O)N[C@@]23CCCC[C@H]2[C@H]1c1ccccc1O3. The number of rotatable bonds is 3. The van der Waals surface area contributed by atoms with Crippen LogP contribution in [0.5, 0.6) is 5.75 Å². The molecule has 3 aliphatic rings. The number of benzene rings is 1. The molecule has 4 rings (SSSR count). The minimum Gasteiger partial charge on any atom is -0.467 e. The van der Waals surface area contributed by atoms with Crippen LogP contribution in [0.15, 0.2) is 24.3 Å². The highest BCUT2D eigenvalue weighted by Gasteiger charge is 2.60. The number of amides is 2.